The number of rotatable bonds is 0. The molecule has 0 atom stereocenters. The zero-order valence-corrected chi connectivity index (χ0v) is 5.99. The first kappa shape index (κ1) is 10.1. The first-order valence-corrected chi connectivity index (χ1v) is 2.34. The van der Waals surface area contributed by atoms with E-state index in [0.717, 1.165) is 0 Å². The molecule has 0 fully saturated rings. The smallest absolute Gasteiger partial charge is 0.248 e. The van der Waals surface area contributed by atoms with Crippen molar-refractivity contribution in [2.45, 2.75) is 0 Å². The second-order valence-corrected chi connectivity index (χ2v) is 1.40. The molecule has 0 saturated heterocycles. The highest BCUT2D eigenvalue weighted by atomic mass is 15.6. The van der Waals surface area contributed by atoms with Gasteiger partial charge in [-0.2, -0.15) is 0 Å². The predicted octanol–water partition coefficient (Wildman–Crippen LogP) is 2.10. The normalized spacial score (nSPS) is 16.7. The van der Waals surface area contributed by atoms with Gasteiger partial charge in [0.05, 0.1) is 0 Å². The van der Waals surface area contributed by atoms with Crippen molar-refractivity contribution in [3.05, 3.63) is 11.6 Å². The molecule has 0 unspecified atom stereocenters. The largest absolute Gasteiger partial charge is 0.344 e. The molecule has 12 heavy (non-hydrogen) atoms. The van der Waals surface area contributed by atoms with E-state index in [2.05, 4.69) is 41.4 Å². The van der Waals surface area contributed by atoms with Crippen LogP contribution in [0.4, 0.5) is 0 Å². The van der Waals surface area contributed by atoms with Gasteiger partial charge in [-0.15, -0.1) is 20.5 Å². The van der Waals surface area contributed by atoms with Crippen molar-refractivity contribution in [3.8, 4) is 0 Å². The minimum Gasteiger partial charge on any atom is -0.344 e. The van der Waals surface area contributed by atoms with Crippen LogP contribution in [0.3, 0.4) is 0 Å². The van der Waals surface area contributed by atoms with Crippen LogP contribution in [0.25, 0.3) is 0 Å². The Labute approximate surface area is 66.4 Å². The average molecular weight is 170 g/mol. The van der Waals surface area contributed by atoms with E-state index in [9.17, 15) is 0 Å². The molecule has 2 aliphatic rings. The topological polar surface area (TPSA) is 169 Å². The molecule has 2 heterocycles. The standard InChI is InChI=1S/C2N8.2H3N/c3-1(4-8-7-3)2-5-9-10-6-2;;/h;2*1H3. The van der Waals surface area contributed by atoms with E-state index >= 15 is 0 Å². The Hall–Kier alpha value is -1.94. The number of hydrogen-bond acceptors (Lipinski definition) is 10. The molecule has 10 nitrogen and oxygen atoms in total. The summed E-state index contributed by atoms with van der Waals surface area (Å²) in [6, 6.07) is 0. The maximum atomic E-state index is 3.48. The molecule has 0 aromatic rings. The molecule has 6 N–H and O–H groups in total. The van der Waals surface area contributed by atoms with Crippen LogP contribution in [0.15, 0.2) is 53.0 Å². The van der Waals surface area contributed by atoms with Gasteiger partial charge in [-0.3, -0.25) is 0 Å². The van der Waals surface area contributed by atoms with Crippen molar-refractivity contribution in [2.24, 2.45) is 41.4 Å². The molecule has 0 bridgehead atoms. The van der Waals surface area contributed by atoms with Crippen LogP contribution in [0.1, 0.15) is 0 Å². The van der Waals surface area contributed by atoms with Crippen molar-refractivity contribution < 1.29 is 0 Å². The first-order valence-electron chi connectivity index (χ1n) is 2.34. The predicted molar refractivity (Wildman–Crippen MR) is 36.5 cm³/mol. The quantitative estimate of drug-likeness (QED) is 0.567. The lowest BCUT2D eigenvalue weighted by atomic mass is 10.7. The van der Waals surface area contributed by atoms with Crippen LogP contribution in [-0.2, 0) is 0 Å². The lowest BCUT2D eigenvalue weighted by Crippen LogP contribution is -1.71. The van der Waals surface area contributed by atoms with Gasteiger partial charge in [0.25, 0.3) is 0 Å². The molecule has 0 saturated carbocycles. The van der Waals surface area contributed by atoms with E-state index in [1.165, 1.54) is 0 Å². The average Bonchev–Trinajstić information content (AvgIpc) is 2.59. The van der Waals surface area contributed by atoms with Crippen LogP contribution in [0, 0.1) is 0 Å². The third kappa shape index (κ3) is 1.56. The minimum absolute atomic E-state index is 0. The van der Waals surface area contributed by atoms with Gasteiger partial charge in [0, 0.05) is 0 Å². The van der Waals surface area contributed by atoms with E-state index in [1.54, 1.807) is 0 Å². The summed E-state index contributed by atoms with van der Waals surface area (Å²) in [5.74, 6) is 0.481. The van der Waals surface area contributed by atoms with E-state index in [1.807, 2.05) is 0 Å². The third-order valence-electron chi connectivity index (χ3n) is 0.838. The number of nitrogens with zero attached hydrogens (tertiary/aromatic N) is 8. The Balaban J connectivity index is 0.000000605. The minimum atomic E-state index is 0. The summed E-state index contributed by atoms with van der Waals surface area (Å²) >= 11 is 0. The molecule has 2 rings (SSSR count). The molecule has 0 aromatic carbocycles. The van der Waals surface area contributed by atoms with E-state index < -0.39 is 0 Å². The molecular weight excluding hydrogens is 164 g/mol. The van der Waals surface area contributed by atoms with Gasteiger partial charge >= 0.3 is 0 Å². The highest BCUT2D eigenvalue weighted by Gasteiger charge is 2.10. The van der Waals surface area contributed by atoms with Gasteiger partial charge in [-0.05, 0) is 20.9 Å². The molecule has 0 amide bonds. The van der Waals surface area contributed by atoms with Gasteiger partial charge in [-0.1, -0.05) is 0 Å². The fourth-order valence-corrected chi connectivity index (χ4v) is 0.468. The van der Waals surface area contributed by atoms with Crippen LogP contribution in [0.2, 0.25) is 0 Å². The zero-order chi connectivity index (χ0) is 6.81. The van der Waals surface area contributed by atoms with E-state index in [4.69, 9.17) is 0 Å². The van der Waals surface area contributed by atoms with Crippen molar-refractivity contribution in [1.29, 1.82) is 0 Å². The van der Waals surface area contributed by atoms with Crippen LogP contribution >= 0.6 is 0 Å². The summed E-state index contributed by atoms with van der Waals surface area (Å²) in [5.41, 5.74) is 0. The maximum Gasteiger partial charge on any atom is 0.248 e. The lowest BCUT2D eigenvalue weighted by molar-refractivity contribution is 1.06. The summed E-state index contributed by atoms with van der Waals surface area (Å²) in [5, 5.41) is 26.9. The van der Waals surface area contributed by atoms with Crippen LogP contribution in [-0.4, -0.2) is 0 Å². The fraction of sp³-hybridized carbons (Fsp3) is 0. The SMILES string of the molecule is N.N.N1=NC(=C2N=NN=N2)N=N1. The highest BCUT2D eigenvalue weighted by molar-refractivity contribution is 5.08. The second-order valence-electron chi connectivity index (χ2n) is 1.40. The lowest BCUT2D eigenvalue weighted by Gasteiger charge is -1.79. The van der Waals surface area contributed by atoms with Gasteiger partial charge in [0.1, 0.15) is 0 Å². The van der Waals surface area contributed by atoms with Crippen molar-refractivity contribution in [3.63, 3.8) is 0 Å². The zero-order valence-electron chi connectivity index (χ0n) is 5.99. The van der Waals surface area contributed by atoms with Crippen LogP contribution in [0.5, 0.6) is 0 Å². The molecule has 0 spiro atoms. The highest BCUT2D eigenvalue weighted by Crippen LogP contribution is 2.19. The Morgan fingerprint density at radius 2 is 0.750 bits per heavy atom. The maximum absolute atomic E-state index is 3.48. The van der Waals surface area contributed by atoms with Crippen molar-refractivity contribution >= 4 is 0 Å². The van der Waals surface area contributed by atoms with Crippen LogP contribution < -0.4 is 12.3 Å². The van der Waals surface area contributed by atoms with Gasteiger partial charge in [0.15, 0.2) is 0 Å². The van der Waals surface area contributed by atoms with Gasteiger partial charge in [0.2, 0.25) is 11.6 Å². The van der Waals surface area contributed by atoms with Crippen molar-refractivity contribution in [1.82, 2.24) is 12.3 Å². The van der Waals surface area contributed by atoms with Crippen molar-refractivity contribution in [2.75, 3.05) is 0 Å². The Kier molecular flexibility index (Phi) is 3.39. The Morgan fingerprint density at radius 3 is 1.00 bits per heavy atom. The Bertz CT molecular complexity index is 233. The molecule has 0 aromatic heterocycles. The van der Waals surface area contributed by atoms with Gasteiger partial charge in [-0.25, -0.2) is 0 Å². The first-order chi connectivity index (χ1) is 4.97. The molecule has 64 valence electrons. The molecule has 10 heteroatoms. The summed E-state index contributed by atoms with van der Waals surface area (Å²) in [4.78, 5) is 0. The second kappa shape index (κ2) is 4.05. The summed E-state index contributed by atoms with van der Waals surface area (Å²) < 4.78 is 0. The summed E-state index contributed by atoms with van der Waals surface area (Å²) in [6.07, 6.45) is 0. The summed E-state index contributed by atoms with van der Waals surface area (Å²) in [7, 11) is 0. The molecular formula is C2H6N10. The molecule has 0 radical (unpaired) electrons. The summed E-state index contributed by atoms with van der Waals surface area (Å²) in [6.45, 7) is 0. The van der Waals surface area contributed by atoms with E-state index in [0.29, 0.717) is 0 Å². The Morgan fingerprint density at radius 1 is 0.500 bits per heavy atom. The molecule has 0 aliphatic carbocycles. The van der Waals surface area contributed by atoms with E-state index in [-0.39, 0.29) is 23.9 Å². The third-order valence-corrected chi connectivity index (χ3v) is 0.838. The number of hydrogen-bond donors (Lipinski definition) is 2. The fourth-order valence-electron chi connectivity index (χ4n) is 0.468. The monoisotopic (exact) mass is 170 g/mol. The van der Waals surface area contributed by atoms with Gasteiger partial charge < -0.3 is 12.3 Å². The molecule has 2 aliphatic heterocycles.